The van der Waals surface area contributed by atoms with Gasteiger partial charge in [0, 0.05) is 18.1 Å². The van der Waals surface area contributed by atoms with Crippen molar-refractivity contribution >= 4 is 0 Å². The van der Waals surface area contributed by atoms with Crippen LogP contribution in [0.1, 0.15) is 55.7 Å². The number of fused-ring (bicyclic) bond motifs is 1. The fourth-order valence-corrected chi connectivity index (χ4v) is 4.08. The molecule has 1 saturated carbocycles. The van der Waals surface area contributed by atoms with Crippen molar-refractivity contribution in [2.75, 3.05) is 14.2 Å². The van der Waals surface area contributed by atoms with Crippen LogP contribution in [0.3, 0.4) is 0 Å². The Morgan fingerprint density at radius 3 is 2.62 bits per heavy atom. The van der Waals surface area contributed by atoms with Crippen molar-refractivity contribution in [2.24, 2.45) is 5.73 Å². The number of aryl methyl sites for hydroxylation is 1. The Labute approximate surface area is 128 Å². The van der Waals surface area contributed by atoms with Crippen LogP contribution in [-0.4, -0.2) is 31.1 Å². The van der Waals surface area contributed by atoms with Crippen LogP contribution in [0.2, 0.25) is 0 Å². The summed E-state index contributed by atoms with van der Waals surface area (Å²) in [7, 11) is 4.06. The fraction of sp³-hybridized carbons (Fsp3) is 0.667. The molecule has 2 aliphatic rings. The molecule has 2 N–H and O–H groups in total. The van der Waals surface area contributed by atoms with Crippen LogP contribution in [0.5, 0.6) is 5.75 Å². The standard InChI is InChI=1S/C18H28N2O/c1-20(15-8-6-14(19)7-9-15)18-5-3-4-13-12-16(21-2)10-11-17(13)18/h10-12,14-15,18H,3-9,19H2,1-2H3. The SMILES string of the molecule is COc1ccc2c(c1)CCCC2N(C)C1CCC(N)CC1. The van der Waals surface area contributed by atoms with Gasteiger partial charge in [-0.1, -0.05) is 6.07 Å². The van der Waals surface area contributed by atoms with Crippen LogP contribution in [0.25, 0.3) is 0 Å². The van der Waals surface area contributed by atoms with E-state index in [2.05, 4.69) is 30.1 Å². The lowest BCUT2D eigenvalue weighted by atomic mass is 9.84. The molecule has 1 unspecified atom stereocenters. The molecule has 0 heterocycles. The van der Waals surface area contributed by atoms with Gasteiger partial charge in [-0.3, -0.25) is 4.90 Å². The average molecular weight is 288 g/mol. The van der Waals surface area contributed by atoms with Crippen molar-refractivity contribution in [3.8, 4) is 5.75 Å². The Hall–Kier alpha value is -1.06. The maximum atomic E-state index is 6.05. The van der Waals surface area contributed by atoms with Crippen LogP contribution >= 0.6 is 0 Å². The first kappa shape index (κ1) is 14.9. The van der Waals surface area contributed by atoms with E-state index in [0.29, 0.717) is 18.1 Å². The molecule has 116 valence electrons. The van der Waals surface area contributed by atoms with E-state index < -0.39 is 0 Å². The van der Waals surface area contributed by atoms with Gasteiger partial charge in [-0.25, -0.2) is 0 Å². The van der Waals surface area contributed by atoms with E-state index in [1.165, 1.54) is 56.1 Å². The summed E-state index contributed by atoms with van der Waals surface area (Å²) >= 11 is 0. The molecule has 1 aromatic carbocycles. The third kappa shape index (κ3) is 3.09. The van der Waals surface area contributed by atoms with E-state index in [4.69, 9.17) is 10.5 Å². The number of hydrogen-bond donors (Lipinski definition) is 1. The van der Waals surface area contributed by atoms with Crippen molar-refractivity contribution in [3.63, 3.8) is 0 Å². The van der Waals surface area contributed by atoms with E-state index in [-0.39, 0.29) is 0 Å². The van der Waals surface area contributed by atoms with Crippen LogP contribution in [-0.2, 0) is 6.42 Å². The topological polar surface area (TPSA) is 38.5 Å². The van der Waals surface area contributed by atoms with Crippen LogP contribution in [0.4, 0.5) is 0 Å². The number of hydrogen-bond acceptors (Lipinski definition) is 3. The lowest BCUT2D eigenvalue weighted by Crippen LogP contribution is -2.41. The van der Waals surface area contributed by atoms with Gasteiger partial charge in [0.2, 0.25) is 0 Å². The van der Waals surface area contributed by atoms with Gasteiger partial charge >= 0.3 is 0 Å². The van der Waals surface area contributed by atoms with Crippen molar-refractivity contribution in [1.82, 2.24) is 4.90 Å². The molecule has 3 rings (SSSR count). The summed E-state index contributed by atoms with van der Waals surface area (Å²) in [6, 6.07) is 8.32. The highest BCUT2D eigenvalue weighted by Crippen LogP contribution is 2.38. The van der Waals surface area contributed by atoms with Gasteiger partial charge in [-0.15, -0.1) is 0 Å². The number of ether oxygens (including phenoxy) is 1. The second kappa shape index (κ2) is 6.37. The zero-order chi connectivity index (χ0) is 14.8. The molecule has 0 aromatic heterocycles. The number of benzene rings is 1. The van der Waals surface area contributed by atoms with E-state index in [0.717, 1.165) is 5.75 Å². The highest BCUT2D eigenvalue weighted by atomic mass is 16.5. The lowest BCUT2D eigenvalue weighted by Gasteiger charge is -2.41. The molecule has 0 saturated heterocycles. The summed E-state index contributed by atoms with van der Waals surface area (Å²) < 4.78 is 5.38. The molecular weight excluding hydrogens is 260 g/mol. The molecule has 0 amide bonds. The Morgan fingerprint density at radius 2 is 1.90 bits per heavy atom. The molecule has 0 spiro atoms. The summed E-state index contributed by atoms with van der Waals surface area (Å²) in [5, 5.41) is 0. The Balaban J connectivity index is 1.78. The Morgan fingerprint density at radius 1 is 1.14 bits per heavy atom. The largest absolute Gasteiger partial charge is 0.497 e. The molecule has 0 radical (unpaired) electrons. The predicted molar refractivity (Wildman–Crippen MR) is 86.7 cm³/mol. The maximum Gasteiger partial charge on any atom is 0.119 e. The van der Waals surface area contributed by atoms with E-state index >= 15 is 0 Å². The van der Waals surface area contributed by atoms with Gasteiger partial charge in [0.25, 0.3) is 0 Å². The van der Waals surface area contributed by atoms with E-state index in [9.17, 15) is 0 Å². The first-order valence-electron chi connectivity index (χ1n) is 8.33. The van der Waals surface area contributed by atoms with Crippen molar-refractivity contribution in [2.45, 2.75) is 63.1 Å². The number of nitrogens with two attached hydrogens (primary N) is 1. The van der Waals surface area contributed by atoms with Gasteiger partial charge in [-0.2, -0.15) is 0 Å². The van der Waals surface area contributed by atoms with Crippen LogP contribution < -0.4 is 10.5 Å². The quantitative estimate of drug-likeness (QED) is 0.927. The normalized spacial score (nSPS) is 29.2. The summed E-state index contributed by atoms with van der Waals surface area (Å²) in [6.07, 6.45) is 8.60. The Bertz CT molecular complexity index is 480. The molecule has 0 aliphatic heterocycles. The average Bonchev–Trinajstić information content (AvgIpc) is 2.53. The molecule has 0 bridgehead atoms. The van der Waals surface area contributed by atoms with Gasteiger partial charge in [-0.05, 0) is 75.3 Å². The number of rotatable bonds is 3. The first-order valence-corrected chi connectivity index (χ1v) is 8.33. The molecule has 2 aliphatic carbocycles. The molecule has 3 nitrogen and oxygen atoms in total. The molecule has 3 heteroatoms. The monoisotopic (exact) mass is 288 g/mol. The first-order chi connectivity index (χ1) is 10.2. The predicted octanol–water partition coefficient (Wildman–Crippen LogP) is 3.27. The van der Waals surface area contributed by atoms with Crippen molar-refractivity contribution < 1.29 is 4.74 Å². The highest BCUT2D eigenvalue weighted by Gasteiger charge is 2.30. The Kier molecular flexibility index (Phi) is 4.51. The summed E-state index contributed by atoms with van der Waals surface area (Å²) in [5.74, 6) is 0.987. The van der Waals surface area contributed by atoms with E-state index in [1.54, 1.807) is 7.11 Å². The highest BCUT2D eigenvalue weighted by molar-refractivity contribution is 5.39. The molecule has 1 aromatic rings. The van der Waals surface area contributed by atoms with Gasteiger partial charge < -0.3 is 10.5 Å². The van der Waals surface area contributed by atoms with Gasteiger partial charge in [0.15, 0.2) is 0 Å². The molecule has 21 heavy (non-hydrogen) atoms. The second-order valence-corrected chi connectivity index (χ2v) is 6.71. The smallest absolute Gasteiger partial charge is 0.119 e. The summed E-state index contributed by atoms with van der Waals surface area (Å²) in [4.78, 5) is 2.62. The minimum absolute atomic E-state index is 0.428. The molecular formula is C18H28N2O. The third-order valence-electron chi connectivity index (χ3n) is 5.44. The fourth-order valence-electron chi connectivity index (χ4n) is 4.08. The zero-order valence-corrected chi connectivity index (χ0v) is 13.3. The second-order valence-electron chi connectivity index (χ2n) is 6.71. The molecule has 1 atom stereocenters. The van der Waals surface area contributed by atoms with Crippen LogP contribution in [0, 0.1) is 0 Å². The number of methoxy groups -OCH3 is 1. The van der Waals surface area contributed by atoms with E-state index in [1.807, 2.05) is 0 Å². The van der Waals surface area contributed by atoms with Gasteiger partial charge in [0.1, 0.15) is 5.75 Å². The zero-order valence-electron chi connectivity index (χ0n) is 13.3. The molecule has 1 fully saturated rings. The summed E-state index contributed by atoms with van der Waals surface area (Å²) in [5.41, 5.74) is 9.04. The van der Waals surface area contributed by atoms with Crippen molar-refractivity contribution in [3.05, 3.63) is 29.3 Å². The maximum absolute atomic E-state index is 6.05. The van der Waals surface area contributed by atoms with Crippen molar-refractivity contribution in [1.29, 1.82) is 0 Å². The van der Waals surface area contributed by atoms with Gasteiger partial charge in [0.05, 0.1) is 7.11 Å². The minimum Gasteiger partial charge on any atom is -0.497 e. The lowest BCUT2D eigenvalue weighted by molar-refractivity contribution is 0.120. The minimum atomic E-state index is 0.428. The third-order valence-corrected chi connectivity index (χ3v) is 5.44. The number of nitrogens with zero attached hydrogens (tertiary/aromatic N) is 1. The summed E-state index contributed by atoms with van der Waals surface area (Å²) in [6.45, 7) is 0. The van der Waals surface area contributed by atoms with Crippen LogP contribution in [0.15, 0.2) is 18.2 Å².